The predicted octanol–water partition coefficient (Wildman–Crippen LogP) is 20.1. The number of ether oxygens (including phenoxy) is 3. The molecule has 6 heteroatoms. The van der Waals surface area contributed by atoms with E-state index in [9.17, 15) is 14.4 Å². The summed E-state index contributed by atoms with van der Waals surface area (Å²) < 4.78 is 16.9. The van der Waals surface area contributed by atoms with Crippen LogP contribution in [0.2, 0.25) is 0 Å². The number of allylic oxidation sites excluding steroid dienone is 16. The summed E-state index contributed by atoms with van der Waals surface area (Å²) in [6, 6.07) is 0. The monoisotopic (exact) mass is 987 g/mol. The Morgan fingerprint density at radius 1 is 0.282 bits per heavy atom. The standard InChI is InChI=1S/C65H110O6/c1-4-7-10-13-16-19-22-25-28-31-32-35-37-40-43-46-49-52-55-58-64(67)70-61-62(71-65(68)59-56-53-50-47-44-41-38-34-30-27-24-21-18-15-12-9-6-3)60-69-63(66)57-54-51-48-45-42-39-36-33-29-26-23-20-17-14-11-8-5-2/h16-21,25-30,32,35,40,43,62H,4-15,22-24,31,33-34,36-39,41-42,44-61H2,1-3H3/b19-16-,20-17-,21-18-,28-25-,29-26-,30-27-,35-32-,43-40-/t62-/m0/s1. The van der Waals surface area contributed by atoms with Gasteiger partial charge in [-0.25, -0.2) is 0 Å². The Kier molecular flexibility index (Phi) is 55.9. The lowest BCUT2D eigenvalue weighted by Crippen LogP contribution is -2.30. The molecule has 0 aromatic carbocycles. The van der Waals surface area contributed by atoms with Gasteiger partial charge in [0.25, 0.3) is 0 Å². The lowest BCUT2D eigenvalue weighted by molar-refractivity contribution is -0.167. The van der Waals surface area contributed by atoms with Crippen molar-refractivity contribution in [2.24, 2.45) is 0 Å². The molecule has 0 fully saturated rings. The quantitative estimate of drug-likeness (QED) is 0.0261. The van der Waals surface area contributed by atoms with Gasteiger partial charge in [0.15, 0.2) is 6.10 Å². The van der Waals surface area contributed by atoms with E-state index in [-0.39, 0.29) is 31.1 Å². The van der Waals surface area contributed by atoms with Crippen molar-refractivity contribution < 1.29 is 28.6 Å². The Bertz CT molecular complexity index is 1410. The zero-order valence-corrected chi connectivity index (χ0v) is 46.5. The summed E-state index contributed by atoms with van der Waals surface area (Å²) in [6.45, 7) is 6.53. The summed E-state index contributed by atoms with van der Waals surface area (Å²) in [7, 11) is 0. The molecule has 0 radical (unpaired) electrons. The van der Waals surface area contributed by atoms with Gasteiger partial charge in [-0.15, -0.1) is 0 Å². The fourth-order valence-corrected chi connectivity index (χ4v) is 8.01. The van der Waals surface area contributed by atoms with Crippen LogP contribution in [0.25, 0.3) is 0 Å². The predicted molar refractivity (Wildman–Crippen MR) is 307 cm³/mol. The van der Waals surface area contributed by atoms with Crippen molar-refractivity contribution in [1.82, 2.24) is 0 Å². The Morgan fingerprint density at radius 2 is 0.507 bits per heavy atom. The number of hydrogen-bond donors (Lipinski definition) is 0. The highest BCUT2D eigenvalue weighted by atomic mass is 16.6. The van der Waals surface area contributed by atoms with Gasteiger partial charge < -0.3 is 14.2 Å². The maximum absolute atomic E-state index is 12.9. The molecule has 0 unspecified atom stereocenters. The van der Waals surface area contributed by atoms with E-state index in [1.165, 1.54) is 128 Å². The summed E-state index contributed by atoms with van der Waals surface area (Å²) in [4.78, 5) is 38.2. The molecule has 0 aliphatic rings. The first-order valence-electron chi connectivity index (χ1n) is 29.7. The van der Waals surface area contributed by atoms with Gasteiger partial charge in [0.2, 0.25) is 0 Å². The number of hydrogen-bond acceptors (Lipinski definition) is 6. The molecule has 0 amide bonds. The van der Waals surface area contributed by atoms with Gasteiger partial charge in [-0.05, 0) is 128 Å². The third-order valence-electron chi connectivity index (χ3n) is 12.5. The molecule has 0 spiro atoms. The van der Waals surface area contributed by atoms with Crippen LogP contribution >= 0.6 is 0 Å². The van der Waals surface area contributed by atoms with Crippen LogP contribution in [0.5, 0.6) is 0 Å². The van der Waals surface area contributed by atoms with Crippen LogP contribution in [-0.4, -0.2) is 37.2 Å². The van der Waals surface area contributed by atoms with Gasteiger partial charge in [-0.2, -0.15) is 0 Å². The molecule has 0 N–H and O–H groups in total. The fraction of sp³-hybridized carbons (Fsp3) is 0.708. The molecule has 0 aromatic rings. The summed E-state index contributed by atoms with van der Waals surface area (Å²) in [5, 5.41) is 0. The average Bonchev–Trinajstić information content (AvgIpc) is 3.37. The fourth-order valence-electron chi connectivity index (χ4n) is 8.01. The maximum atomic E-state index is 12.9. The molecule has 0 rings (SSSR count). The van der Waals surface area contributed by atoms with E-state index >= 15 is 0 Å². The second kappa shape index (κ2) is 58.9. The van der Waals surface area contributed by atoms with Crippen LogP contribution in [0.3, 0.4) is 0 Å². The molecule has 0 aliphatic carbocycles. The molecule has 0 aliphatic heterocycles. The number of esters is 3. The van der Waals surface area contributed by atoms with Crippen LogP contribution in [0.4, 0.5) is 0 Å². The zero-order valence-electron chi connectivity index (χ0n) is 46.5. The van der Waals surface area contributed by atoms with E-state index in [1.807, 2.05) is 0 Å². The van der Waals surface area contributed by atoms with E-state index < -0.39 is 6.10 Å². The minimum Gasteiger partial charge on any atom is -0.462 e. The summed E-state index contributed by atoms with van der Waals surface area (Å²) in [5.41, 5.74) is 0. The first-order valence-corrected chi connectivity index (χ1v) is 29.7. The Morgan fingerprint density at radius 3 is 0.803 bits per heavy atom. The number of carbonyl (C=O) groups excluding carboxylic acids is 3. The molecule has 406 valence electrons. The van der Waals surface area contributed by atoms with E-state index in [0.717, 1.165) is 109 Å². The summed E-state index contributed by atoms with van der Waals surface area (Å²) in [5.74, 6) is -0.938. The normalized spacial score (nSPS) is 12.8. The molecule has 0 bridgehead atoms. The molecule has 0 heterocycles. The topological polar surface area (TPSA) is 78.9 Å². The number of rotatable bonds is 53. The molecule has 6 nitrogen and oxygen atoms in total. The van der Waals surface area contributed by atoms with E-state index in [2.05, 4.69) is 118 Å². The SMILES string of the molecule is CCCCC/C=C\C/C=C\C/C=C\C/C=C\CCCCCC(=O)OC[C@H](COC(=O)CCCCCCCCC/C=C\C/C=C\CCCCC)OC(=O)CCCCCCCCC/C=C\C/C=C\CCCCC. The Labute approximate surface area is 438 Å². The van der Waals surface area contributed by atoms with Crippen LogP contribution in [-0.2, 0) is 28.6 Å². The van der Waals surface area contributed by atoms with Gasteiger partial charge in [-0.1, -0.05) is 227 Å². The highest BCUT2D eigenvalue weighted by Crippen LogP contribution is 2.14. The third-order valence-corrected chi connectivity index (χ3v) is 12.5. The van der Waals surface area contributed by atoms with E-state index in [0.29, 0.717) is 19.3 Å². The zero-order chi connectivity index (χ0) is 51.4. The van der Waals surface area contributed by atoms with Gasteiger partial charge in [0.1, 0.15) is 13.2 Å². The first kappa shape index (κ1) is 67.3. The molecule has 71 heavy (non-hydrogen) atoms. The van der Waals surface area contributed by atoms with Crippen LogP contribution in [0.15, 0.2) is 97.2 Å². The number of carbonyl (C=O) groups is 3. The molecular weight excluding hydrogens is 877 g/mol. The molecular formula is C65H110O6. The summed E-state index contributed by atoms with van der Waals surface area (Å²) in [6.07, 6.45) is 78.2. The largest absolute Gasteiger partial charge is 0.462 e. The van der Waals surface area contributed by atoms with Crippen LogP contribution in [0, 0.1) is 0 Å². The van der Waals surface area contributed by atoms with Crippen molar-refractivity contribution in [3.63, 3.8) is 0 Å². The summed E-state index contributed by atoms with van der Waals surface area (Å²) >= 11 is 0. The van der Waals surface area contributed by atoms with Crippen molar-refractivity contribution >= 4 is 17.9 Å². The second-order valence-corrected chi connectivity index (χ2v) is 19.5. The van der Waals surface area contributed by atoms with Gasteiger partial charge in [0, 0.05) is 19.3 Å². The van der Waals surface area contributed by atoms with Crippen LogP contribution in [0.1, 0.15) is 278 Å². The third kappa shape index (κ3) is 57.1. The molecule has 1 atom stereocenters. The van der Waals surface area contributed by atoms with Crippen molar-refractivity contribution in [3.8, 4) is 0 Å². The maximum Gasteiger partial charge on any atom is 0.306 e. The molecule has 0 saturated carbocycles. The number of unbranched alkanes of at least 4 members (excludes halogenated alkanes) is 26. The average molecular weight is 988 g/mol. The lowest BCUT2D eigenvalue weighted by Gasteiger charge is -2.18. The Balaban J connectivity index is 4.48. The second-order valence-electron chi connectivity index (χ2n) is 19.5. The van der Waals surface area contributed by atoms with Crippen LogP contribution < -0.4 is 0 Å². The minimum absolute atomic E-state index is 0.0957. The minimum atomic E-state index is -0.800. The highest BCUT2D eigenvalue weighted by molar-refractivity contribution is 5.71. The van der Waals surface area contributed by atoms with Crippen molar-refractivity contribution in [1.29, 1.82) is 0 Å². The van der Waals surface area contributed by atoms with Crippen molar-refractivity contribution in [2.75, 3.05) is 13.2 Å². The van der Waals surface area contributed by atoms with Gasteiger partial charge in [0.05, 0.1) is 0 Å². The van der Waals surface area contributed by atoms with Gasteiger partial charge >= 0.3 is 17.9 Å². The molecule has 0 aromatic heterocycles. The lowest BCUT2D eigenvalue weighted by atomic mass is 10.1. The van der Waals surface area contributed by atoms with E-state index in [1.54, 1.807) is 0 Å². The smallest absolute Gasteiger partial charge is 0.306 e. The van der Waals surface area contributed by atoms with Gasteiger partial charge in [-0.3, -0.25) is 14.4 Å². The first-order chi connectivity index (χ1) is 35.0. The van der Waals surface area contributed by atoms with E-state index in [4.69, 9.17) is 14.2 Å². The van der Waals surface area contributed by atoms with Crippen molar-refractivity contribution in [2.45, 2.75) is 284 Å². The molecule has 0 saturated heterocycles. The highest BCUT2D eigenvalue weighted by Gasteiger charge is 2.19. The van der Waals surface area contributed by atoms with Crippen molar-refractivity contribution in [3.05, 3.63) is 97.2 Å². The Hall–Kier alpha value is -3.67.